The predicted octanol–water partition coefficient (Wildman–Crippen LogP) is 6.90. The Hall–Kier alpha value is -3.73. The van der Waals surface area contributed by atoms with Crippen molar-refractivity contribution in [1.82, 2.24) is 0 Å². The van der Waals surface area contributed by atoms with Gasteiger partial charge in [-0.05, 0) is 66.8 Å². The summed E-state index contributed by atoms with van der Waals surface area (Å²) < 4.78 is 19.8. The van der Waals surface area contributed by atoms with Crippen LogP contribution in [0, 0.1) is 13.8 Å². The van der Waals surface area contributed by atoms with E-state index in [9.17, 15) is 0 Å². The minimum atomic E-state index is 0.290. The van der Waals surface area contributed by atoms with Gasteiger partial charge < -0.3 is 19.5 Å². The van der Waals surface area contributed by atoms with Crippen molar-refractivity contribution in [2.75, 3.05) is 25.8 Å². The maximum absolute atomic E-state index is 5.85. The molecule has 2 aliphatic heterocycles. The zero-order chi connectivity index (χ0) is 26.2. The lowest BCUT2D eigenvalue weighted by Crippen LogP contribution is -2.41. The first-order valence-corrected chi connectivity index (χ1v) is 13.9. The number of aromatic nitrogens is 1. The molecule has 0 amide bonds. The highest BCUT2D eigenvalue weighted by Crippen LogP contribution is 2.43. The lowest BCUT2D eigenvalue weighted by atomic mass is 9.88. The van der Waals surface area contributed by atoms with Gasteiger partial charge >= 0.3 is 0 Å². The Morgan fingerprint density at radius 1 is 0.947 bits per heavy atom. The second kappa shape index (κ2) is 10.2. The van der Waals surface area contributed by atoms with Crippen molar-refractivity contribution >= 4 is 16.5 Å². The molecular weight excluding hydrogens is 472 g/mol. The summed E-state index contributed by atoms with van der Waals surface area (Å²) in [6.07, 6.45) is 7.70. The molecule has 5 nitrogen and oxygen atoms in total. The number of methoxy groups -OCH3 is 1. The van der Waals surface area contributed by atoms with E-state index in [0.717, 1.165) is 55.3 Å². The van der Waals surface area contributed by atoms with Crippen LogP contribution in [0.4, 0.5) is 5.69 Å². The third kappa shape index (κ3) is 4.34. The second-order valence-electron chi connectivity index (χ2n) is 10.6. The summed E-state index contributed by atoms with van der Waals surface area (Å²) >= 11 is 0. The van der Waals surface area contributed by atoms with E-state index in [1.165, 1.54) is 62.7 Å². The van der Waals surface area contributed by atoms with Crippen LogP contribution in [-0.4, -0.2) is 20.4 Å². The average Bonchev–Trinajstić information content (AvgIpc) is 3.39. The molecular formula is C33H37N2O3+. The number of anilines is 1. The zero-order valence-corrected chi connectivity index (χ0v) is 22.9. The fourth-order valence-corrected chi connectivity index (χ4v) is 5.90. The van der Waals surface area contributed by atoms with E-state index >= 15 is 0 Å². The highest BCUT2D eigenvalue weighted by Gasteiger charge is 2.32. The number of hydrogen-bond donors (Lipinski definition) is 1. The number of pyridine rings is 1. The molecule has 0 bridgehead atoms. The lowest BCUT2D eigenvalue weighted by molar-refractivity contribution is -0.686. The quantitative estimate of drug-likeness (QED) is 0.207. The van der Waals surface area contributed by atoms with Gasteiger partial charge in [-0.25, -0.2) is 0 Å². The normalized spacial score (nSPS) is 13.4. The molecule has 196 valence electrons. The summed E-state index contributed by atoms with van der Waals surface area (Å²) in [5.41, 5.74) is 10.2. The van der Waals surface area contributed by atoms with Crippen LogP contribution in [0.15, 0.2) is 48.7 Å². The largest absolute Gasteiger partial charge is 0.495 e. The molecule has 2 aliphatic rings. The molecule has 0 radical (unpaired) electrons. The molecule has 0 fully saturated rings. The summed E-state index contributed by atoms with van der Waals surface area (Å²) in [6, 6.07) is 15.6. The summed E-state index contributed by atoms with van der Waals surface area (Å²) in [7, 11) is 1.76. The fraction of sp³-hybridized carbons (Fsp3) is 0.364. The van der Waals surface area contributed by atoms with Gasteiger partial charge in [0, 0.05) is 30.3 Å². The molecule has 1 N–H and O–H groups in total. The first kappa shape index (κ1) is 24.6. The number of benzene rings is 3. The molecule has 0 saturated heterocycles. The maximum Gasteiger partial charge on any atom is 0.231 e. The van der Waals surface area contributed by atoms with Crippen LogP contribution < -0.4 is 24.1 Å². The number of hydrogen-bond acceptors (Lipinski definition) is 4. The molecule has 38 heavy (non-hydrogen) atoms. The van der Waals surface area contributed by atoms with Crippen molar-refractivity contribution in [2.24, 2.45) is 0 Å². The highest BCUT2D eigenvalue weighted by atomic mass is 16.7. The molecule has 0 atom stereocenters. The van der Waals surface area contributed by atoms with Crippen LogP contribution in [0.3, 0.4) is 0 Å². The van der Waals surface area contributed by atoms with Crippen LogP contribution in [0.25, 0.3) is 22.0 Å². The number of nitrogens with zero attached hydrogens (tertiary/aromatic N) is 1. The number of unbranched alkanes of at least 4 members (excludes halogenated alkanes) is 2. The van der Waals surface area contributed by atoms with Crippen molar-refractivity contribution in [2.45, 2.75) is 59.4 Å². The smallest absolute Gasteiger partial charge is 0.231 e. The number of fused-ring (bicyclic) bond motifs is 5. The number of aryl methyl sites for hydroxylation is 4. The first-order valence-electron chi connectivity index (χ1n) is 13.9. The number of nitrogens with one attached hydrogen (secondary N) is 1. The Labute approximate surface area is 225 Å². The van der Waals surface area contributed by atoms with Gasteiger partial charge in [-0.3, -0.25) is 0 Å². The van der Waals surface area contributed by atoms with E-state index in [1.807, 2.05) is 0 Å². The van der Waals surface area contributed by atoms with Crippen molar-refractivity contribution < 1.29 is 18.8 Å². The Bertz CT molecular complexity index is 1530. The van der Waals surface area contributed by atoms with Gasteiger partial charge in [0.05, 0.1) is 23.7 Å². The lowest BCUT2D eigenvalue weighted by Gasteiger charge is -2.22. The molecule has 0 aliphatic carbocycles. The Kier molecular flexibility index (Phi) is 6.61. The van der Waals surface area contributed by atoms with Crippen molar-refractivity contribution in [3.63, 3.8) is 0 Å². The van der Waals surface area contributed by atoms with Crippen molar-refractivity contribution in [1.29, 1.82) is 0 Å². The minimum absolute atomic E-state index is 0.290. The SMILES string of the molecule is CCCCCNc1c(OC)ccc2c(Cc3ccc(C)c(C)c3)c3[n+](cc12)CCc1cc2c(cc1-3)OCO2. The van der Waals surface area contributed by atoms with E-state index in [2.05, 4.69) is 79.3 Å². The molecule has 0 saturated carbocycles. The number of rotatable bonds is 8. The molecule has 0 spiro atoms. The van der Waals surface area contributed by atoms with Gasteiger partial charge in [-0.2, -0.15) is 4.57 Å². The van der Waals surface area contributed by atoms with E-state index in [0.29, 0.717) is 0 Å². The van der Waals surface area contributed by atoms with E-state index in [4.69, 9.17) is 14.2 Å². The highest BCUT2D eigenvalue weighted by molar-refractivity contribution is 6.00. The topological polar surface area (TPSA) is 43.6 Å². The fourth-order valence-electron chi connectivity index (χ4n) is 5.90. The molecule has 4 aromatic rings. The zero-order valence-electron chi connectivity index (χ0n) is 22.9. The van der Waals surface area contributed by atoms with Crippen molar-refractivity contribution in [3.05, 3.63) is 76.5 Å². The first-order chi connectivity index (χ1) is 18.6. The maximum atomic E-state index is 5.85. The van der Waals surface area contributed by atoms with Crippen LogP contribution in [0.2, 0.25) is 0 Å². The molecule has 3 aromatic carbocycles. The van der Waals surface area contributed by atoms with Crippen molar-refractivity contribution in [3.8, 4) is 28.5 Å². The minimum Gasteiger partial charge on any atom is -0.495 e. The molecule has 1 aromatic heterocycles. The monoisotopic (exact) mass is 509 g/mol. The third-order valence-corrected chi connectivity index (χ3v) is 8.12. The third-order valence-electron chi connectivity index (χ3n) is 8.12. The van der Waals surface area contributed by atoms with Gasteiger partial charge in [0.25, 0.3) is 0 Å². The molecule has 5 heteroatoms. The van der Waals surface area contributed by atoms with E-state index in [1.54, 1.807) is 7.11 Å². The van der Waals surface area contributed by atoms with Crippen LogP contribution in [0.5, 0.6) is 17.2 Å². The molecule has 3 heterocycles. The van der Waals surface area contributed by atoms with Crippen LogP contribution in [0.1, 0.15) is 54.0 Å². The number of ether oxygens (including phenoxy) is 3. The summed E-state index contributed by atoms with van der Waals surface area (Å²) in [5.74, 6) is 2.59. The summed E-state index contributed by atoms with van der Waals surface area (Å²) in [5, 5.41) is 6.21. The van der Waals surface area contributed by atoms with Gasteiger partial charge in [0.1, 0.15) is 5.75 Å². The van der Waals surface area contributed by atoms with E-state index < -0.39 is 0 Å². The average molecular weight is 510 g/mol. The predicted molar refractivity (Wildman–Crippen MR) is 153 cm³/mol. The Morgan fingerprint density at radius 3 is 2.58 bits per heavy atom. The molecule has 6 rings (SSSR count). The van der Waals surface area contributed by atoms with Crippen LogP contribution >= 0.6 is 0 Å². The van der Waals surface area contributed by atoms with E-state index in [-0.39, 0.29) is 6.79 Å². The Morgan fingerprint density at radius 2 is 1.79 bits per heavy atom. The summed E-state index contributed by atoms with van der Waals surface area (Å²) in [6.45, 7) is 8.76. The van der Waals surface area contributed by atoms with Gasteiger partial charge in [-0.1, -0.05) is 38.0 Å². The Balaban J connectivity index is 1.57. The van der Waals surface area contributed by atoms with Gasteiger partial charge in [-0.15, -0.1) is 0 Å². The molecule has 0 unspecified atom stereocenters. The van der Waals surface area contributed by atoms with Gasteiger partial charge in [0.2, 0.25) is 12.5 Å². The summed E-state index contributed by atoms with van der Waals surface area (Å²) in [4.78, 5) is 0. The van der Waals surface area contributed by atoms with Crippen LogP contribution in [-0.2, 0) is 19.4 Å². The van der Waals surface area contributed by atoms with Gasteiger partial charge in [0.15, 0.2) is 24.2 Å². The second-order valence-corrected chi connectivity index (χ2v) is 10.6. The standard InChI is InChI=1S/C33H36N2O3/c1-5-6-7-13-34-32-28-19-35-14-12-24-17-30-31(38-20-37-30)18-26(24)33(35)27(25(28)10-11-29(32)36-4)16-23-9-8-21(2)22(3)15-23/h8-11,15,17-19H,5-7,12-14,16,20H2,1-4H3/p+1.